The number of nitrogens with one attached hydrogen (secondary N) is 1. The number of phenols is 1. The molecule has 0 aliphatic rings. The first-order valence-electron chi connectivity index (χ1n) is 6.16. The lowest BCUT2D eigenvalue weighted by Crippen LogP contribution is -2.35. The molecule has 0 saturated heterocycles. The smallest absolute Gasteiger partial charge is 0.255 e. The van der Waals surface area contributed by atoms with Crippen LogP contribution < -0.4 is 5.32 Å². The van der Waals surface area contributed by atoms with Crippen LogP contribution in [-0.2, 0) is 0 Å². The van der Waals surface area contributed by atoms with E-state index >= 15 is 0 Å². The SMILES string of the molecule is CC(O)CC(C)(C)CNC(=O)c1ccc(Cl)cc1O. The fourth-order valence-corrected chi connectivity index (χ4v) is 2.15. The Bertz CT molecular complexity index is 458. The maximum Gasteiger partial charge on any atom is 0.255 e. The van der Waals surface area contributed by atoms with Crippen molar-refractivity contribution in [1.29, 1.82) is 0 Å². The van der Waals surface area contributed by atoms with E-state index in [1.54, 1.807) is 13.0 Å². The molecule has 0 fully saturated rings. The minimum atomic E-state index is -0.421. The van der Waals surface area contributed by atoms with Gasteiger partial charge in [-0.1, -0.05) is 25.4 Å². The standard InChI is InChI=1S/C14H20ClNO3/c1-9(17)7-14(2,3)8-16-13(19)11-5-4-10(15)6-12(11)18/h4-6,9,17-18H,7-8H2,1-3H3,(H,16,19). The Morgan fingerprint density at radius 3 is 2.63 bits per heavy atom. The molecular formula is C14H20ClNO3. The Balaban J connectivity index is 2.65. The van der Waals surface area contributed by atoms with Crippen LogP contribution in [0.1, 0.15) is 37.6 Å². The maximum atomic E-state index is 11.9. The third kappa shape index (κ3) is 5.09. The van der Waals surface area contributed by atoms with Crippen LogP contribution >= 0.6 is 11.6 Å². The van der Waals surface area contributed by atoms with Crippen molar-refractivity contribution in [3.8, 4) is 5.75 Å². The molecule has 1 unspecified atom stereocenters. The van der Waals surface area contributed by atoms with Crippen LogP contribution in [0.3, 0.4) is 0 Å². The summed E-state index contributed by atoms with van der Waals surface area (Å²) >= 11 is 5.71. The molecule has 1 rings (SSSR count). The first-order chi connectivity index (χ1) is 8.71. The average Bonchev–Trinajstić information content (AvgIpc) is 2.24. The molecular weight excluding hydrogens is 266 g/mol. The Hall–Kier alpha value is -1.26. The highest BCUT2D eigenvalue weighted by Gasteiger charge is 2.22. The average molecular weight is 286 g/mol. The largest absolute Gasteiger partial charge is 0.507 e. The highest BCUT2D eigenvalue weighted by molar-refractivity contribution is 6.30. The van der Waals surface area contributed by atoms with Crippen molar-refractivity contribution in [2.24, 2.45) is 5.41 Å². The van der Waals surface area contributed by atoms with Crippen LogP contribution in [0, 0.1) is 5.41 Å². The minimum absolute atomic E-state index is 0.140. The summed E-state index contributed by atoms with van der Waals surface area (Å²) < 4.78 is 0. The summed E-state index contributed by atoms with van der Waals surface area (Å²) in [5, 5.41) is 22.2. The van der Waals surface area contributed by atoms with Crippen LogP contribution in [0.15, 0.2) is 18.2 Å². The van der Waals surface area contributed by atoms with E-state index in [1.807, 2.05) is 13.8 Å². The molecule has 1 atom stereocenters. The normalized spacial score (nSPS) is 13.1. The second-order valence-electron chi connectivity index (χ2n) is 5.56. The van der Waals surface area contributed by atoms with E-state index in [4.69, 9.17) is 11.6 Å². The predicted octanol–water partition coefficient (Wildman–Crippen LogP) is 2.57. The van der Waals surface area contributed by atoms with E-state index in [1.165, 1.54) is 12.1 Å². The second kappa shape index (κ2) is 6.26. The number of rotatable bonds is 5. The van der Waals surface area contributed by atoms with Crippen molar-refractivity contribution in [2.45, 2.75) is 33.3 Å². The zero-order valence-corrected chi connectivity index (χ0v) is 12.2. The van der Waals surface area contributed by atoms with Gasteiger partial charge in [-0.3, -0.25) is 4.79 Å². The molecule has 0 bridgehead atoms. The maximum absolute atomic E-state index is 11.9. The number of benzene rings is 1. The van der Waals surface area contributed by atoms with E-state index in [-0.39, 0.29) is 22.6 Å². The number of aliphatic hydroxyl groups is 1. The van der Waals surface area contributed by atoms with Crippen LogP contribution in [0.2, 0.25) is 5.02 Å². The third-order valence-corrected chi connectivity index (χ3v) is 3.01. The van der Waals surface area contributed by atoms with Gasteiger partial charge in [0, 0.05) is 11.6 Å². The van der Waals surface area contributed by atoms with Gasteiger partial charge in [0.25, 0.3) is 5.91 Å². The lowest BCUT2D eigenvalue weighted by molar-refractivity contribution is 0.0899. The molecule has 0 aliphatic heterocycles. The lowest BCUT2D eigenvalue weighted by Gasteiger charge is -2.26. The monoisotopic (exact) mass is 285 g/mol. The highest BCUT2D eigenvalue weighted by Crippen LogP contribution is 2.24. The number of phenolic OH excluding ortho intramolecular Hbond substituents is 1. The third-order valence-electron chi connectivity index (χ3n) is 2.78. The molecule has 1 aromatic carbocycles. The number of amides is 1. The number of hydrogen-bond donors (Lipinski definition) is 3. The fourth-order valence-electron chi connectivity index (χ4n) is 1.98. The van der Waals surface area contributed by atoms with Gasteiger partial charge < -0.3 is 15.5 Å². The Kier molecular flexibility index (Phi) is 5.20. The predicted molar refractivity (Wildman–Crippen MR) is 75.5 cm³/mol. The van der Waals surface area contributed by atoms with Crippen molar-refractivity contribution in [3.63, 3.8) is 0 Å². The van der Waals surface area contributed by atoms with E-state index in [2.05, 4.69) is 5.32 Å². The Labute approximate surface area is 118 Å². The molecule has 0 spiro atoms. The lowest BCUT2D eigenvalue weighted by atomic mass is 9.87. The summed E-state index contributed by atoms with van der Waals surface area (Å²) in [5.74, 6) is -0.494. The van der Waals surface area contributed by atoms with Crippen LogP contribution in [0.25, 0.3) is 0 Å². The highest BCUT2D eigenvalue weighted by atomic mass is 35.5. The number of hydrogen-bond acceptors (Lipinski definition) is 3. The molecule has 0 aromatic heterocycles. The van der Waals surface area contributed by atoms with Crippen LogP contribution in [-0.4, -0.2) is 28.8 Å². The molecule has 1 aromatic rings. The van der Waals surface area contributed by atoms with Gasteiger partial charge in [-0.05, 0) is 37.0 Å². The quantitative estimate of drug-likeness (QED) is 0.779. The van der Waals surface area contributed by atoms with Crippen molar-refractivity contribution in [3.05, 3.63) is 28.8 Å². The van der Waals surface area contributed by atoms with Crippen molar-refractivity contribution >= 4 is 17.5 Å². The number of carbonyl (C=O) groups excluding carboxylic acids is 1. The molecule has 0 saturated carbocycles. The number of halogens is 1. The Morgan fingerprint density at radius 1 is 1.47 bits per heavy atom. The van der Waals surface area contributed by atoms with Gasteiger partial charge in [0.1, 0.15) is 5.75 Å². The Morgan fingerprint density at radius 2 is 2.11 bits per heavy atom. The zero-order valence-electron chi connectivity index (χ0n) is 11.4. The van der Waals surface area contributed by atoms with Gasteiger partial charge in [0.05, 0.1) is 11.7 Å². The van der Waals surface area contributed by atoms with Gasteiger partial charge in [-0.25, -0.2) is 0 Å². The van der Waals surface area contributed by atoms with Crippen molar-refractivity contribution in [2.75, 3.05) is 6.54 Å². The molecule has 106 valence electrons. The molecule has 5 heteroatoms. The van der Waals surface area contributed by atoms with E-state index < -0.39 is 6.10 Å². The zero-order chi connectivity index (χ0) is 14.6. The first-order valence-corrected chi connectivity index (χ1v) is 6.54. The van der Waals surface area contributed by atoms with E-state index in [0.29, 0.717) is 18.0 Å². The molecule has 0 heterocycles. The second-order valence-corrected chi connectivity index (χ2v) is 6.00. The summed E-state index contributed by atoms with van der Waals surface area (Å²) in [4.78, 5) is 11.9. The van der Waals surface area contributed by atoms with E-state index in [9.17, 15) is 15.0 Å². The van der Waals surface area contributed by atoms with Crippen molar-refractivity contribution in [1.82, 2.24) is 5.32 Å². The molecule has 3 N–H and O–H groups in total. The van der Waals surface area contributed by atoms with Gasteiger partial charge in [0.15, 0.2) is 0 Å². The number of aromatic hydroxyl groups is 1. The van der Waals surface area contributed by atoms with Gasteiger partial charge in [-0.15, -0.1) is 0 Å². The summed E-state index contributed by atoms with van der Waals surface area (Å²) in [5.41, 5.74) is -0.0245. The van der Waals surface area contributed by atoms with Gasteiger partial charge in [-0.2, -0.15) is 0 Å². The molecule has 19 heavy (non-hydrogen) atoms. The molecule has 1 amide bonds. The summed E-state index contributed by atoms with van der Waals surface area (Å²) in [6, 6.07) is 4.36. The summed E-state index contributed by atoms with van der Waals surface area (Å²) in [6.45, 7) is 6.05. The topological polar surface area (TPSA) is 69.6 Å². The van der Waals surface area contributed by atoms with Gasteiger partial charge in [0.2, 0.25) is 0 Å². The minimum Gasteiger partial charge on any atom is -0.507 e. The fraction of sp³-hybridized carbons (Fsp3) is 0.500. The molecule has 0 radical (unpaired) electrons. The molecule has 4 nitrogen and oxygen atoms in total. The van der Waals surface area contributed by atoms with Gasteiger partial charge >= 0.3 is 0 Å². The van der Waals surface area contributed by atoms with Crippen LogP contribution in [0.5, 0.6) is 5.75 Å². The number of aliphatic hydroxyl groups excluding tert-OH is 1. The van der Waals surface area contributed by atoms with E-state index in [0.717, 1.165) is 0 Å². The summed E-state index contributed by atoms with van der Waals surface area (Å²) in [6.07, 6.45) is 0.163. The first kappa shape index (κ1) is 15.8. The summed E-state index contributed by atoms with van der Waals surface area (Å²) in [7, 11) is 0. The van der Waals surface area contributed by atoms with Crippen LogP contribution in [0.4, 0.5) is 0 Å². The number of carbonyl (C=O) groups is 1. The van der Waals surface area contributed by atoms with Crippen molar-refractivity contribution < 1.29 is 15.0 Å². The molecule has 0 aliphatic carbocycles.